The minimum Gasteiger partial charge on any atom is -0.478 e. The Balaban J connectivity index is 2.91. The van der Waals surface area contributed by atoms with Crippen molar-refractivity contribution in [3.63, 3.8) is 0 Å². The first-order chi connectivity index (χ1) is 9.54. The molecular formula is C17H23NO2. The van der Waals surface area contributed by atoms with Crippen molar-refractivity contribution >= 4 is 16.9 Å². The van der Waals surface area contributed by atoms with Crippen molar-refractivity contribution in [2.24, 2.45) is 0 Å². The van der Waals surface area contributed by atoms with Crippen LogP contribution >= 0.6 is 0 Å². The van der Waals surface area contributed by atoms with Crippen LogP contribution in [-0.4, -0.2) is 15.6 Å². The number of aromatic nitrogens is 1. The van der Waals surface area contributed by atoms with E-state index in [1.807, 2.05) is 6.07 Å². The van der Waals surface area contributed by atoms with Crippen LogP contribution in [-0.2, 0) is 19.4 Å². The Labute approximate surface area is 120 Å². The smallest absolute Gasteiger partial charge is 0.337 e. The molecular weight excluding hydrogens is 250 g/mol. The molecule has 1 aromatic carbocycles. The van der Waals surface area contributed by atoms with E-state index in [0.717, 1.165) is 42.3 Å². The van der Waals surface area contributed by atoms with Gasteiger partial charge in [-0.15, -0.1) is 0 Å². The van der Waals surface area contributed by atoms with E-state index in [-0.39, 0.29) is 0 Å². The van der Waals surface area contributed by atoms with Gasteiger partial charge in [0.2, 0.25) is 0 Å². The fourth-order valence-electron chi connectivity index (χ4n) is 3.06. The van der Waals surface area contributed by atoms with Crippen LogP contribution in [0.4, 0.5) is 0 Å². The van der Waals surface area contributed by atoms with E-state index in [0.29, 0.717) is 5.56 Å². The number of benzene rings is 1. The third kappa shape index (κ3) is 2.21. The highest BCUT2D eigenvalue weighted by atomic mass is 16.4. The number of rotatable bonds is 5. The molecule has 0 aliphatic rings. The minimum absolute atomic E-state index is 0.440. The highest BCUT2D eigenvalue weighted by Crippen LogP contribution is 2.31. The molecule has 0 radical (unpaired) electrons. The van der Waals surface area contributed by atoms with Gasteiger partial charge in [0.15, 0.2) is 0 Å². The number of carbonyl (C=O) groups is 1. The fourth-order valence-corrected chi connectivity index (χ4v) is 3.06. The van der Waals surface area contributed by atoms with E-state index in [4.69, 9.17) is 0 Å². The highest BCUT2D eigenvalue weighted by molar-refractivity contribution is 6.04. The summed E-state index contributed by atoms with van der Waals surface area (Å²) in [6.45, 7) is 9.29. The molecule has 0 spiro atoms. The summed E-state index contributed by atoms with van der Waals surface area (Å²) in [6.07, 6.45) is 2.80. The van der Waals surface area contributed by atoms with E-state index in [1.165, 1.54) is 11.3 Å². The number of nitrogens with zero attached hydrogens (tertiary/aromatic N) is 1. The molecule has 0 unspecified atom stereocenters. The number of fused-ring (bicyclic) bond motifs is 1. The molecule has 1 aromatic heterocycles. The molecule has 2 rings (SSSR count). The average Bonchev–Trinajstić information content (AvgIpc) is 2.70. The molecule has 1 heterocycles. The van der Waals surface area contributed by atoms with Crippen molar-refractivity contribution in [1.82, 2.24) is 4.57 Å². The zero-order chi connectivity index (χ0) is 14.9. The lowest BCUT2D eigenvalue weighted by atomic mass is 10.0. The second-order valence-electron chi connectivity index (χ2n) is 5.27. The molecule has 2 aromatic rings. The molecule has 3 nitrogen and oxygen atoms in total. The van der Waals surface area contributed by atoms with Crippen LogP contribution in [0.5, 0.6) is 0 Å². The maximum absolute atomic E-state index is 11.6. The third-order valence-corrected chi connectivity index (χ3v) is 4.05. The molecule has 0 atom stereocenters. The first-order valence-corrected chi connectivity index (χ1v) is 7.42. The summed E-state index contributed by atoms with van der Waals surface area (Å²) in [6, 6.07) is 4.00. The fraction of sp³-hybridized carbons (Fsp3) is 0.471. The van der Waals surface area contributed by atoms with Crippen molar-refractivity contribution in [3.8, 4) is 0 Å². The van der Waals surface area contributed by atoms with Gasteiger partial charge in [0.1, 0.15) is 0 Å². The number of hydrogen-bond donors (Lipinski definition) is 1. The first-order valence-electron chi connectivity index (χ1n) is 7.42. The van der Waals surface area contributed by atoms with E-state index in [2.05, 4.69) is 38.3 Å². The number of aromatic carboxylic acids is 1. The quantitative estimate of drug-likeness (QED) is 0.887. The van der Waals surface area contributed by atoms with Crippen LogP contribution in [0.2, 0.25) is 0 Å². The van der Waals surface area contributed by atoms with Crippen LogP contribution < -0.4 is 0 Å². The van der Waals surface area contributed by atoms with Crippen molar-refractivity contribution in [3.05, 3.63) is 34.5 Å². The zero-order valence-electron chi connectivity index (χ0n) is 12.8. The summed E-state index contributed by atoms with van der Waals surface area (Å²) in [4.78, 5) is 11.6. The third-order valence-electron chi connectivity index (χ3n) is 4.05. The largest absolute Gasteiger partial charge is 0.478 e. The highest BCUT2D eigenvalue weighted by Gasteiger charge is 2.19. The molecule has 0 saturated heterocycles. The summed E-state index contributed by atoms with van der Waals surface area (Å²) >= 11 is 0. The molecule has 0 amide bonds. The van der Waals surface area contributed by atoms with Gasteiger partial charge in [0.05, 0.1) is 11.1 Å². The SMILES string of the molecule is CCCn1c(C)c(CC)c2cc(CC)cc(C(=O)O)c21. The summed E-state index contributed by atoms with van der Waals surface area (Å²) < 4.78 is 2.18. The van der Waals surface area contributed by atoms with Gasteiger partial charge in [-0.3, -0.25) is 0 Å². The second kappa shape index (κ2) is 5.70. The average molecular weight is 273 g/mol. The molecule has 20 heavy (non-hydrogen) atoms. The van der Waals surface area contributed by atoms with Gasteiger partial charge >= 0.3 is 5.97 Å². The molecule has 0 aliphatic carbocycles. The Morgan fingerprint density at radius 3 is 2.40 bits per heavy atom. The Hall–Kier alpha value is -1.77. The van der Waals surface area contributed by atoms with E-state index < -0.39 is 5.97 Å². The first kappa shape index (κ1) is 14.6. The van der Waals surface area contributed by atoms with Gasteiger partial charge in [-0.05, 0) is 49.4 Å². The minimum atomic E-state index is -0.831. The Morgan fingerprint density at radius 2 is 1.90 bits per heavy atom. The van der Waals surface area contributed by atoms with Gasteiger partial charge in [-0.2, -0.15) is 0 Å². The van der Waals surface area contributed by atoms with Crippen molar-refractivity contribution in [2.75, 3.05) is 0 Å². The van der Waals surface area contributed by atoms with E-state index >= 15 is 0 Å². The normalized spacial score (nSPS) is 11.2. The molecule has 0 fully saturated rings. The van der Waals surface area contributed by atoms with Gasteiger partial charge in [-0.1, -0.05) is 20.8 Å². The molecule has 0 aliphatic heterocycles. The predicted molar refractivity (Wildman–Crippen MR) is 82.7 cm³/mol. The topological polar surface area (TPSA) is 42.2 Å². The van der Waals surface area contributed by atoms with E-state index in [1.54, 1.807) is 0 Å². The van der Waals surface area contributed by atoms with Crippen molar-refractivity contribution in [1.29, 1.82) is 0 Å². The van der Waals surface area contributed by atoms with Crippen molar-refractivity contribution in [2.45, 2.75) is 53.5 Å². The monoisotopic (exact) mass is 273 g/mol. The Kier molecular flexibility index (Phi) is 4.17. The Bertz CT molecular complexity index is 653. The van der Waals surface area contributed by atoms with Crippen LogP contribution in [0.25, 0.3) is 10.9 Å². The van der Waals surface area contributed by atoms with Crippen LogP contribution in [0.15, 0.2) is 12.1 Å². The molecule has 1 N–H and O–H groups in total. The van der Waals surface area contributed by atoms with Gasteiger partial charge in [0.25, 0.3) is 0 Å². The lowest BCUT2D eigenvalue weighted by Gasteiger charge is -2.09. The Morgan fingerprint density at radius 1 is 1.20 bits per heavy atom. The number of carboxylic acids is 1. The zero-order valence-corrected chi connectivity index (χ0v) is 12.8. The summed E-state index contributed by atoms with van der Waals surface area (Å²) in [5, 5.41) is 10.7. The predicted octanol–water partition coefficient (Wildman–Crippen LogP) is 4.18. The molecule has 0 saturated carbocycles. The molecule has 108 valence electrons. The van der Waals surface area contributed by atoms with Crippen LogP contribution in [0.3, 0.4) is 0 Å². The number of carboxylic acid groups (broad SMARTS) is 1. The maximum atomic E-state index is 11.6. The molecule has 0 bridgehead atoms. The van der Waals surface area contributed by atoms with Crippen LogP contribution in [0.1, 0.15) is 54.4 Å². The summed E-state index contributed by atoms with van der Waals surface area (Å²) in [7, 11) is 0. The van der Waals surface area contributed by atoms with Gasteiger partial charge in [-0.25, -0.2) is 4.79 Å². The molecule has 3 heteroatoms. The number of hydrogen-bond acceptors (Lipinski definition) is 1. The van der Waals surface area contributed by atoms with Crippen LogP contribution in [0, 0.1) is 6.92 Å². The van der Waals surface area contributed by atoms with Gasteiger partial charge in [0, 0.05) is 17.6 Å². The standard InChI is InChI=1S/C17H23NO2/c1-5-8-18-11(4)13(7-3)14-9-12(6-2)10-15(16(14)18)17(19)20/h9-10H,5-8H2,1-4H3,(H,19,20). The summed E-state index contributed by atoms with van der Waals surface area (Å²) in [5.41, 5.74) is 4.92. The van der Waals surface area contributed by atoms with Crippen molar-refractivity contribution < 1.29 is 9.90 Å². The lowest BCUT2D eigenvalue weighted by Crippen LogP contribution is -2.05. The second-order valence-corrected chi connectivity index (χ2v) is 5.27. The summed E-state index contributed by atoms with van der Waals surface area (Å²) in [5.74, 6) is -0.831. The maximum Gasteiger partial charge on any atom is 0.337 e. The van der Waals surface area contributed by atoms with E-state index in [9.17, 15) is 9.90 Å². The number of aryl methyl sites for hydroxylation is 3. The lowest BCUT2D eigenvalue weighted by molar-refractivity contribution is 0.0698. The van der Waals surface area contributed by atoms with Gasteiger partial charge < -0.3 is 9.67 Å².